The zero-order valence-electron chi connectivity index (χ0n) is 11.0. The molecule has 5 heteroatoms. The van der Waals surface area contributed by atoms with E-state index in [9.17, 15) is 14.7 Å². The molecule has 0 aliphatic carbocycles. The topological polar surface area (TPSA) is 92.4 Å². The number of carboxylic acids is 1. The highest BCUT2D eigenvalue weighted by Gasteiger charge is 2.37. The highest BCUT2D eigenvalue weighted by atomic mass is 16.4. The van der Waals surface area contributed by atoms with E-state index in [-0.39, 0.29) is 6.42 Å². The molecule has 0 heterocycles. The summed E-state index contributed by atoms with van der Waals surface area (Å²) < 4.78 is 0. The van der Waals surface area contributed by atoms with Gasteiger partial charge in [-0.25, -0.2) is 0 Å². The predicted octanol–water partition coefficient (Wildman–Crippen LogP) is 1.12. The van der Waals surface area contributed by atoms with E-state index >= 15 is 0 Å². The lowest BCUT2D eigenvalue weighted by molar-refractivity contribution is -0.146. The van der Waals surface area contributed by atoms with Crippen molar-refractivity contribution in [3.05, 3.63) is 0 Å². The first-order chi connectivity index (χ1) is 7.88. The number of amides is 1. The molecule has 0 aromatic heterocycles. The van der Waals surface area contributed by atoms with E-state index in [1.807, 2.05) is 20.8 Å². The second-order valence-electron chi connectivity index (χ2n) is 4.60. The van der Waals surface area contributed by atoms with E-state index < -0.39 is 17.4 Å². The van der Waals surface area contributed by atoms with Crippen molar-refractivity contribution in [2.24, 2.45) is 11.7 Å². The van der Waals surface area contributed by atoms with Gasteiger partial charge in [0, 0.05) is 13.0 Å². The predicted molar refractivity (Wildman–Crippen MR) is 66.5 cm³/mol. The summed E-state index contributed by atoms with van der Waals surface area (Å²) >= 11 is 0. The Bertz CT molecular complexity index is 268. The molecule has 0 rings (SSSR count). The number of rotatable bonds is 9. The van der Waals surface area contributed by atoms with Gasteiger partial charge in [0.15, 0.2) is 0 Å². The average Bonchev–Trinajstić information content (AvgIpc) is 2.26. The summed E-state index contributed by atoms with van der Waals surface area (Å²) in [6, 6.07) is 0. The van der Waals surface area contributed by atoms with Crippen LogP contribution in [0.25, 0.3) is 0 Å². The van der Waals surface area contributed by atoms with E-state index in [2.05, 4.69) is 5.32 Å². The highest BCUT2D eigenvalue weighted by molar-refractivity contribution is 5.79. The summed E-state index contributed by atoms with van der Waals surface area (Å²) in [6.45, 7) is 6.22. The third kappa shape index (κ3) is 5.17. The number of carbonyl (C=O) groups is 2. The van der Waals surface area contributed by atoms with Gasteiger partial charge in [-0.1, -0.05) is 27.2 Å². The molecule has 1 amide bonds. The monoisotopic (exact) mass is 244 g/mol. The minimum Gasteiger partial charge on any atom is -0.480 e. The van der Waals surface area contributed by atoms with Gasteiger partial charge in [0.25, 0.3) is 0 Å². The molecule has 0 saturated heterocycles. The van der Waals surface area contributed by atoms with Crippen molar-refractivity contribution in [1.29, 1.82) is 0 Å². The number of nitrogens with one attached hydrogen (secondary N) is 1. The highest BCUT2D eigenvalue weighted by Crippen LogP contribution is 2.23. The van der Waals surface area contributed by atoms with Gasteiger partial charge in [0.1, 0.15) is 5.54 Å². The van der Waals surface area contributed by atoms with Crippen LogP contribution in [0.15, 0.2) is 0 Å². The quantitative estimate of drug-likeness (QED) is 0.566. The zero-order valence-corrected chi connectivity index (χ0v) is 11.0. The molecule has 0 aliphatic heterocycles. The van der Waals surface area contributed by atoms with Gasteiger partial charge in [-0.15, -0.1) is 0 Å². The van der Waals surface area contributed by atoms with Gasteiger partial charge in [0.05, 0.1) is 0 Å². The van der Waals surface area contributed by atoms with Crippen LogP contribution in [0.4, 0.5) is 0 Å². The summed E-state index contributed by atoms with van der Waals surface area (Å²) in [5.74, 6) is -0.951. The van der Waals surface area contributed by atoms with E-state index in [0.29, 0.717) is 25.3 Å². The Morgan fingerprint density at radius 1 is 1.41 bits per heavy atom. The fourth-order valence-corrected chi connectivity index (χ4v) is 1.82. The molecule has 0 aliphatic rings. The van der Waals surface area contributed by atoms with Gasteiger partial charge < -0.3 is 16.2 Å². The molecule has 0 spiro atoms. The summed E-state index contributed by atoms with van der Waals surface area (Å²) in [6.07, 6.45) is 2.15. The molecule has 0 aromatic rings. The Kier molecular flexibility index (Phi) is 6.80. The molecule has 100 valence electrons. The molecular formula is C12H24N2O3. The number of aliphatic carboxylic acids is 1. The number of carbonyl (C=O) groups excluding carboxylic acids is 1. The van der Waals surface area contributed by atoms with Crippen LogP contribution in [0.2, 0.25) is 0 Å². The van der Waals surface area contributed by atoms with E-state index in [4.69, 9.17) is 5.73 Å². The number of carboxylic acid groups (broad SMARTS) is 1. The minimum atomic E-state index is -0.940. The molecule has 4 N–H and O–H groups in total. The molecule has 17 heavy (non-hydrogen) atoms. The third-order valence-electron chi connectivity index (χ3n) is 3.24. The Balaban J connectivity index is 4.59. The third-order valence-corrected chi connectivity index (χ3v) is 3.24. The molecule has 2 atom stereocenters. The van der Waals surface area contributed by atoms with Crippen molar-refractivity contribution < 1.29 is 14.7 Å². The van der Waals surface area contributed by atoms with E-state index in [0.717, 1.165) is 6.42 Å². The van der Waals surface area contributed by atoms with Gasteiger partial charge in [-0.2, -0.15) is 0 Å². The minimum absolute atomic E-state index is 0.162. The molecular weight excluding hydrogens is 220 g/mol. The Morgan fingerprint density at radius 2 is 2.00 bits per heavy atom. The Labute approximate surface area is 103 Å². The maximum Gasteiger partial charge on any atom is 0.323 e. The lowest BCUT2D eigenvalue weighted by Crippen LogP contribution is -2.53. The van der Waals surface area contributed by atoms with Crippen LogP contribution >= 0.6 is 0 Å². The van der Waals surface area contributed by atoms with Crippen molar-refractivity contribution in [3.63, 3.8) is 0 Å². The summed E-state index contributed by atoms with van der Waals surface area (Å²) in [4.78, 5) is 22.1. The maximum atomic E-state index is 11.4. The van der Waals surface area contributed by atoms with Crippen molar-refractivity contribution in [2.75, 3.05) is 6.54 Å². The summed E-state index contributed by atoms with van der Waals surface area (Å²) in [5.41, 5.74) is 4.10. The SMILES string of the molecule is CCC(C)CC(CC)(NCCC(N)=O)C(=O)O. The Hall–Kier alpha value is -1.10. The van der Waals surface area contributed by atoms with Crippen LogP contribution in [0.1, 0.15) is 46.5 Å². The fourth-order valence-electron chi connectivity index (χ4n) is 1.82. The van der Waals surface area contributed by atoms with Crippen LogP contribution in [-0.2, 0) is 9.59 Å². The van der Waals surface area contributed by atoms with E-state index in [1.54, 1.807) is 0 Å². The standard InChI is InChI=1S/C12H24N2O3/c1-4-9(3)8-12(5-2,11(16)17)14-7-6-10(13)15/h9,14H,4-8H2,1-3H3,(H2,13,15)(H,16,17). The van der Waals surface area contributed by atoms with Crippen LogP contribution in [0.3, 0.4) is 0 Å². The molecule has 0 radical (unpaired) electrons. The summed E-state index contributed by atoms with van der Waals surface area (Å²) in [5, 5.41) is 12.3. The van der Waals surface area contributed by atoms with Gasteiger partial charge in [0.2, 0.25) is 5.91 Å². The molecule has 2 unspecified atom stereocenters. The van der Waals surface area contributed by atoms with E-state index in [1.165, 1.54) is 0 Å². The second kappa shape index (κ2) is 7.27. The Morgan fingerprint density at radius 3 is 2.35 bits per heavy atom. The smallest absolute Gasteiger partial charge is 0.323 e. The number of primary amides is 1. The van der Waals surface area contributed by atoms with Crippen LogP contribution in [-0.4, -0.2) is 29.1 Å². The number of hydrogen-bond acceptors (Lipinski definition) is 3. The van der Waals surface area contributed by atoms with Gasteiger partial charge in [-0.05, 0) is 18.8 Å². The van der Waals surface area contributed by atoms with Gasteiger partial charge >= 0.3 is 5.97 Å². The fraction of sp³-hybridized carbons (Fsp3) is 0.833. The van der Waals surface area contributed by atoms with Crippen LogP contribution in [0.5, 0.6) is 0 Å². The molecule has 0 fully saturated rings. The lowest BCUT2D eigenvalue weighted by Gasteiger charge is -2.31. The van der Waals surface area contributed by atoms with Crippen molar-refractivity contribution in [1.82, 2.24) is 5.32 Å². The summed E-state index contributed by atoms with van der Waals surface area (Å²) in [7, 11) is 0. The van der Waals surface area contributed by atoms with Crippen molar-refractivity contribution in [3.8, 4) is 0 Å². The zero-order chi connectivity index (χ0) is 13.5. The molecule has 0 saturated carbocycles. The van der Waals surface area contributed by atoms with Gasteiger partial charge in [-0.3, -0.25) is 9.59 Å². The van der Waals surface area contributed by atoms with Crippen LogP contribution < -0.4 is 11.1 Å². The first-order valence-electron chi connectivity index (χ1n) is 6.14. The first-order valence-corrected chi connectivity index (χ1v) is 6.14. The van der Waals surface area contributed by atoms with Crippen molar-refractivity contribution >= 4 is 11.9 Å². The largest absolute Gasteiger partial charge is 0.480 e. The number of hydrogen-bond donors (Lipinski definition) is 3. The molecule has 5 nitrogen and oxygen atoms in total. The normalized spacial score (nSPS) is 16.2. The second-order valence-corrected chi connectivity index (χ2v) is 4.60. The van der Waals surface area contributed by atoms with Crippen LogP contribution in [0, 0.1) is 5.92 Å². The molecule has 0 bridgehead atoms. The number of nitrogens with two attached hydrogens (primary N) is 1. The first kappa shape index (κ1) is 15.9. The van der Waals surface area contributed by atoms with Crippen molar-refractivity contribution in [2.45, 2.75) is 52.0 Å². The maximum absolute atomic E-state index is 11.4. The average molecular weight is 244 g/mol. The molecule has 0 aromatic carbocycles. The lowest BCUT2D eigenvalue weighted by atomic mass is 9.84.